The number of rotatable bonds is 3. The average molecular weight is 225 g/mol. The van der Waals surface area contributed by atoms with Crippen LogP contribution < -0.4 is 10.7 Å². The van der Waals surface area contributed by atoms with Gasteiger partial charge in [0.25, 0.3) is 0 Å². The summed E-state index contributed by atoms with van der Waals surface area (Å²) < 4.78 is 0. The minimum absolute atomic E-state index is 0.182. The summed E-state index contributed by atoms with van der Waals surface area (Å²) in [6.45, 7) is 1.08. The lowest BCUT2D eigenvalue weighted by atomic mass is 9.87. The summed E-state index contributed by atoms with van der Waals surface area (Å²) in [4.78, 5) is 0. The first-order chi connectivity index (χ1) is 7.86. The molecule has 0 bridgehead atoms. The molecule has 2 aliphatic rings. The summed E-state index contributed by atoms with van der Waals surface area (Å²) >= 11 is 0. The second-order valence-electron chi connectivity index (χ2n) is 4.93. The molecule has 1 aliphatic carbocycles. The molecule has 16 heavy (non-hydrogen) atoms. The highest BCUT2D eigenvalue weighted by Gasteiger charge is 2.21. The maximum atomic E-state index is 9.77. The van der Waals surface area contributed by atoms with Gasteiger partial charge in [-0.3, -0.25) is 10.7 Å². The fraction of sp³-hybridized carbons (Fsp3) is 0.917. The van der Waals surface area contributed by atoms with Crippen molar-refractivity contribution in [3.05, 3.63) is 0 Å². The zero-order valence-corrected chi connectivity index (χ0v) is 9.86. The van der Waals surface area contributed by atoms with Gasteiger partial charge in [-0.1, -0.05) is 12.8 Å². The van der Waals surface area contributed by atoms with E-state index in [1.807, 2.05) is 6.21 Å². The summed E-state index contributed by atoms with van der Waals surface area (Å²) in [6, 6.07) is 0. The van der Waals surface area contributed by atoms with Crippen molar-refractivity contribution in [2.24, 2.45) is 11.0 Å². The van der Waals surface area contributed by atoms with E-state index in [-0.39, 0.29) is 12.0 Å². The Hall–Kier alpha value is -0.610. The van der Waals surface area contributed by atoms with E-state index in [0.29, 0.717) is 6.17 Å². The van der Waals surface area contributed by atoms with E-state index in [1.165, 1.54) is 19.3 Å². The second kappa shape index (κ2) is 6.21. The second-order valence-corrected chi connectivity index (χ2v) is 4.93. The molecule has 0 aromatic carbocycles. The molecule has 2 fully saturated rings. The number of nitrogens with zero attached hydrogens (tertiary/aromatic N) is 1. The Kier molecular flexibility index (Phi) is 4.60. The van der Waals surface area contributed by atoms with E-state index in [4.69, 9.17) is 0 Å². The highest BCUT2D eigenvalue weighted by atomic mass is 16.3. The zero-order valence-electron chi connectivity index (χ0n) is 9.86. The minimum Gasteiger partial charge on any atom is -0.392 e. The number of nitrogens with one attached hydrogen (secondary N) is 2. The van der Waals surface area contributed by atoms with Gasteiger partial charge in [0.05, 0.1) is 12.3 Å². The number of hydrazone groups is 1. The lowest BCUT2D eigenvalue weighted by Crippen LogP contribution is -2.43. The maximum absolute atomic E-state index is 9.77. The van der Waals surface area contributed by atoms with Gasteiger partial charge < -0.3 is 5.11 Å². The average Bonchev–Trinajstić information content (AvgIpc) is 2.33. The van der Waals surface area contributed by atoms with Gasteiger partial charge in [-0.25, -0.2) is 0 Å². The first-order valence-electron chi connectivity index (χ1n) is 6.56. The third kappa shape index (κ3) is 3.46. The van der Waals surface area contributed by atoms with Crippen molar-refractivity contribution in [2.75, 3.05) is 6.54 Å². The van der Waals surface area contributed by atoms with Crippen LogP contribution in [-0.2, 0) is 0 Å². The lowest BCUT2D eigenvalue weighted by Gasteiger charge is -2.25. The van der Waals surface area contributed by atoms with Crippen LogP contribution in [0.5, 0.6) is 0 Å². The first kappa shape index (κ1) is 11.9. The quantitative estimate of drug-likeness (QED) is 0.500. The van der Waals surface area contributed by atoms with Crippen molar-refractivity contribution in [3.8, 4) is 0 Å². The molecule has 92 valence electrons. The van der Waals surface area contributed by atoms with Gasteiger partial charge in [0.1, 0.15) is 0 Å². The molecule has 1 heterocycles. The van der Waals surface area contributed by atoms with Crippen LogP contribution >= 0.6 is 0 Å². The normalized spacial score (nSPS) is 36.4. The van der Waals surface area contributed by atoms with Crippen molar-refractivity contribution in [1.29, 1.82) is 0 Å². The van der Waals surface area contributed by atoms with Crippen LogP contribution in [0.1, 0.15) is 44.9 Å². The number of piperidine rings is 1. The molecular weight excluding hydrogens is 202 g/mol. The topological polar surface area (TPSA) is 56.7 Å². The fourth-order valence-electron chi connectivity index (χ4n) is 2.50. The Balaban J connectivity index is 1.70. The fourth-order valence-corrected chi connectivity index (χ4v) is 2.50. The molecule has 3 atom stereocenters. The van der Waals surface area contributed by atoms with Gasteiger partial charge in [0.15, 0.2) is 0 Å². The van der Waals surface area contributed by atoms with Crippen molar-refractivity contribution in [3.63, 3.8) is 0 Å². The van der Waals surface area contributed by atoms with E-state index >= 15 is 0 Å². The first-order valence-corrected chi connectivity index (χ1v) is 6.56. The van der Waals surface area contributed by atoms with Crippen LogP contribution in [0.25, 0.3) is 0 Å². The van der Waals surface area contributed by atoms with Crippen LogP contribution in [0.4, 0.5) is 0 Å². The Labute approximate surface area is 97.5 Å². The number of hydrogen-bond donors (Lipinski definition) is 3. The predicted octanol–water partition coefficient (Wildman–Crippen LogP) is 1.21. The van der Waals surface area contributed by atoms with Gasteiger partial charge in [0.2, 0.25) is 0 Å². The Bertz CT molecular complexity index is 226. The maximum Gasteiger partial charge on any atom is 0.0933 e. The molecular formula is C12H23N3O. The molecule has 1 aliphatic heterocycles. The molecule has 0 aromatic heterocycles. The predicted molar refractivity (Wildman–Crippen MR) is 65.2 cm³/mol. The van der Waals surface area contributed by atoms with Gasteiger partial charge in [-0.2, -0.15) is 5.10 Å². The Morgan fingerprint density at radius 1 is 1.12 bits per heavy atom. The van der Waals surface area contributed by atoms with Gasteiger partial charge in [0, 0.05) is 12.1 Å². The highest BCUT2D eigenvalue weighted by molar-refractivity contribution is 5.61. The Morgan fingerprint density at radius 2 is 1.94 bits per heavy atom. The standard InChI is InChI=1S/C12H23N3O/c16-11-6-2-1-5-10(11)9-14-15-12-7-3-4-8-13-12/h9-13,15-16H,1-8H2/b14-9-. The van der Waals surface area contributed by atoms with E-state index < -0.39 is 0 Å². The minimum atomic E-state index is -0.182. The summed E-state index contributed by atoms with van der Waals surface area (Å²) in [5, 5.41) is 17.4. The molecule has 2 rings (SSSR count). The van der Waals surface area contributed by atoms with Crippen molar-refractivity contribution < 1.29 is 5.11 Å². The number of aliphatic hydroxyl groups is 1. The summed E-state index contributed by atoms with van der Waals surface area (Å²) in [6.07, 6.45) is 10.1. The molecule has 3 N–H and O–H groups in total. The van der Waals surface area contributed by atoms with Gasteiger partial charge in [-0.05, 0) is 38.6 Å². The van der Waals surface area contributed by atoms with E-state index in [1.54, 1.807) is 0 Å². The van der Waals surface area contributed by atoms with Crippen LogP contribution in [0, 0.1) is 5.92 Å². The van der Waals surface area contributed by atoms with Crippen LogP contribution in [0.2, 0.25) is 0 Å². The van der Waals surface area contributed by atoms with Crippen LogP contribution in [0.15, 0.2) is 5.10 Å². The van der Waals surface area contributed by atoms with Crippen LogP contribution in [-0.4, -0.2) is 30.1 Å². The van der Waals surface area contributed by atoms with Crippen molar-refractivity contribution in [2.45, 2.75) is 57.2 Å². The summed E-state index contributed by atoms with van der Waals surface area (Å²) in [5.74, 6) is 0.254. The monoisotopic (exact) mass is 225 g/mol. The van der Waals surface area contributed by atoms with Crippen LogP contribution in [0.3, 0.4) is 0 Å². The molecule has 0 radical (unpaired) electrons. The lowest BCUT2D eigenvalue weighted by molar-refractivity contribution is 0.103. The highest BCUT2D eigenvalue weighted by Crippen LogP contribution is 2.22. The number of aliphatic hydroxyl groups excluding tert-OH is 1. The molecule has 3 unspecified atom stereocenters. The zero-order chi connectivity index (χ0) is 11.2. The third-order valence-electron chi connectivity index (χ3n) is 3.59. The third-order valence-corrected chi connectivity index (χ3v) is 3.59. The molecule has 4 heteroatoms. The molecule has 1 saturated heterocycles. The van der Waals surface area contributed by atoms with Crippen molar-refractivity contribution in [1.82, 2.24) is 10.7 Å². The van der Waals surface area contributed by atoms with E-state index in [0.717, 1.165) is 32.2 Å². The largest absolute Gasteiger partial charge is 0.392 e. The SMILES string of the molecule is OC1CCCCC1/C=N\NC1CCCCN1. The van der Waals surface area contributed by atoms with Gasteiger partial charge in [-0.15, -0.1) is 0 Å². The molecule has 4 nitrogen and oxygen atoms in total. The molecule has 1 saturated carbocycles. The molecule has 0 spiro atoms. The summed E-state index contributed by atoms with van der Waals surface area (Å²) in [7, 11) is 0. The van der Waals surface area contributed by atoms with E-state index in [9.17, 15) is 5.11 Å². The van der Waals surface area contributed by atoms with E-state index in [2.05, 4.69) is 15.8 Å². The molecule has 0 aromatic rings. The number of hydrogen-bond acceptors (Lipinski definition) is 4. The van der Waals surface area contributed by atoms with Crippen molar-refractivity contribution >= 4 is 6.21 Å². The molecule has 0 amide bonds. The Morgan fingerprint density at radius 3 is 2.69 bits per heavy atom. The smallest absolute Gasteiger partial charge is 0.0933 e. The van der Waals surface area contributed by atoms with Gasteiger partial charge >= 0.3 is 0 Å². The summed E-state index contributed by atoms with van der Waals surface area (Å²) in [5.41, 5.74) is 3.14.